The van der Waals surface area contributed by atoms with Gasteiger partial charge >= 0.3 is 6.18 Å². The van der Waals surface area contributed by atoms with Crippen LogP contribution >= 0.6 is 23.4 Å². The summed E-state index contributed by atoms with van der Waals surface area (Å²) in [6.07, 6.45) is -4.48. The number of thioether (sulfide) groups is 1. The van der Waals surface area contributed by atoms with Crippen molar-refractivity contribution in [1.29, 1.82) is 0 Å². The minimum atomic E-state index is -4.50. The van der Waals surface area contributed by atoms with Gasteiger partial charge in [0.25, 0.3) is 0 Å². The Hall–Kier alpha value is -1.06. The SMILES string of the molecule is NS(=O)(=O)c1cc(S(N)(=O)=O)c(NC(=O)CSCC(F)(F)F)cc1Cl. The zero-order valence-electron chi connectivity index (χ0n) is 12.0. The van der Waals surface area contributed by atoms with Crippen LogP contribution in [-0.4, -0.2) is 40.4 Å². The van der Waals surface area contributed by atoms with Crippen LogP contribution in [0, 0.1) is 0 Å². The van der Waals surface area contributed by atoms with Crippen LogP contribution < -0.4 is 15.6 Å². The lowest BCUT2D eigenvalue weighted by Crippen LogP contribution is -2.22. The molecule has 1 aromatic rings. The van der Waals surface area contributed by atoms with E-state index in [1.807, 2.05) is 5.32 Å². The number of anilines is 1. The van der Waals surface area contributed by atoms with Gasteiger partial charge in [-0.25, -0.2) is 27.1 Å². The molecule has 0 aromatic heterocycles. The van der Waals surface area contributed by atoms with E-state index in [9.17, 15) is 34.8 Å². The molecule has 0 aliphatic heterocycles. The summed E-state index contributed by atoms with van der Waals surface area (Å²) in [6.45, 7) is 0. The summed E-state index contributed by atoms with van der Waals surface area (Å²) in [5, 5.41) is 11.3. The van der Waals surface area contributed by atoms with Gasteiger partial charge in [-0.15, -0.1) is 11.8 Å². The number of sulfonamides is 2. The van der Waals surface area contributed by atoms with Crippen molar-refractivity contribution in [3.8, 4) is 0 Å². The molecule has 25 heavy (non-hydrogen) atoms. The minimum absolute atomic E-state index is 0.246. The topological polar surface area (TPSA) is 149 Å². The minimum Gasteiger partial charge on any atom is -0.324 e. The largest absolute Gasteiger partial charge is 0.397 e. The highest BCUT2D eigenvalue weighted by molar-refractivity contribution is 8.00. The number of nitrogens with one attached hydrogen (secondary N) is 1. The molecule has 1 rings (SSSR count). The first-order chi connectivity index (χ1) is 11.1. The Kier molecular flexibility index (Phi) is 6.75. The van der Waals surface area contributed by atoms with Crippen molar-refractivity contribution in [2.24, 2.45) is 10.3 Å². The van der Waals surface area contributed by atoms with Gasteiger partial charge in [-0.05, 0) is 12.1 Å². The third kappa shape index (κ3) is 6.99. The van der Waals surface area contributed by atoms with Crippen LogP contribution in [0.3, 0.4) is 0 Å². The average molecular weight is 442 g/mol. The molecule has 0 bridgehead atoms. The molecular weight excluding hydrogens is 431 g/mol. The summed E-state index contributed by atoms with van der Waals surface area (Å²) in [5.74, 6) is -2.90. The van der Waals surface area contributed by atoms with E-state index in [0.29, 0.717) is 6.07 Å². The highest BCUT2D eigenvalue weighted by Gasteiger charge is 2.28. The lowest BCUT2D eigenvalue weighted by molar-refractivity contribution is -0.113. The van der Waals surface area contributed by atoms with E-state index in [0.717, 1.165) is 6.07 Å². The molecule has 0 atom stereocenters. The van der Waals surface area contributed by atoms with Gasteiger partial charge in [0.2, 0.25) is 26.0 Å². The number of carbonyl (C=O) groups excluding carboxylic acids is 1. The summed E-state index contributed by atoms with van der Waals surface area (Å²) in [4.78, 5) is 10.1. The van der Waals surface area contributed by atoms with Gasteiger partial charge in [0, 0.05) is 0 Å². The Labute approximate surface area is 150 Å². The third-order valence-electron chi connectivity index (χ3n) is 2.42. The number of carbonyl (C=O) groups is 1. The van der Waals surface area contributed by atoms with Crippen LogP contribution in [0.25, 0.3) is 0 Å². The van der Waals surface area contributed by atoms with E-state index in [4.69, 9.17) is 21.9 Å². The Morgan fingerprint density at radius 1 is 1.12 bits per heavy atom. The number of alkyl halides is 3. The van der Waals surface area contributed by atoms with Crippen LogP contribution in [-0.2, 0) is 24.8 Å². The zero-order valence-corrected chi connectivity index (χ0v) is 15.2. The molecule has 5 N–H and O–H groups in total. The number of halogens is 4. The molecule has 0 aliphatic rings. The Balaban J connectivity index is 3.15. The fourth-order valence-electron chi connectivity index (χ4n) is 1.53. The smallest absolute Gasteiger partial charge is 0.324 e. The van der Waals surface area contributed by atoms with Crippen molar-refractivity contribution in [1.82, 2.24) is 0 Å². The molecule has 0 unspecified atom stereocenters. The maximum Gasteiger partial charge on any atom is 0.397 e. The number of primary sulfonamides is 2. The van der Waals surface area contributed by atoms with Crippen LogP contribution in [0.4, 0.5) is 18.9 Å². The van der Waals surface area contributed by atoms with Crippen molar-refractivity contribution < 1.29 is 34.8 Å². The lowest BCUT2D eigenvalue weighted by Gasteiger charge is -2.13. The van der Waals surface area contributed by atoms with E-state index in [-0.39, 0.29) is 11.8 Å². The van der Waals surface area contributed by atoms with E-state index in [1.165, 1.54) is 0 Å². The van der Waals surface area contributed by atoms with Gasteiger partial charge in [0.15, 0.2) is 0 Å². The molecule has 1 amide bonds. The molecule has 8 nitrogen and oxygen atoms in total. The highest BCUT2D eigenvalue weighted by Crippen LogP contribution is 2.31. The van der Waals surface area contributed by atoms with Crippen LogP contribution in [0.5, 0.6) is 0 Å². The van der Waals surface area contributed by atoms with Crippen molar-refractivity contribution in [3.05, 3.63) is 17.2 Å². The number of hydrogen-bond donors (Lipinski definition) is 3. The lowest BCUT2D eigenvalue weighted by atomic mass is 10.3. The normalized spacial score (nSPS) is 12.9. The van der Waals surface area contributed by atoms with Gasteiger partial charge in [0.1, 0.15) is 9.79 Å². The molecule has 142 valence electrons. The number of hydrogen-bond acceptors (Lipinski definition) is 6. The van der Waals surface area contributed by atoms with Gasteiger partial charge in [-0.2, -0.15) is 13.2 Å². The zero-order chi connectivity index (χ0) is 19.6. The number of nitrogens with two attached hydrogens (primary N) is 2. The Bertz CT molecular complexity index is 887. The Morgan fingerprint density at radius 3 is 2.08 bits per heavy atom. The molecule has 0 spiro atoms. The predicted octanol–water partition coefficient (Wildman–Crippen LogP) is 0.869. The first kappa shape index (κ1) is 22.0. The molecule has 0 radical (unpaired) electrons. The number of amides is 1. The van der Waals surface area contributed by atoms with Gasteiger partial charge < -0.3 is 5.32 Å². The summed E-state index contributed by atoms with van der Waals surface area (Å²) in [6, 6.07) is 1.32. The maximum atomic E-state index is 12.0. The molecule has 0 heterocycles. The second-order valence-corrected chi connectivity index (χ2v) is 8.98. The molecule has 0 saturated carbocycles. The number of rotatable bonds is 6. The van der Waals surface area contributed by atoms with E-state index < -0.39 is 64.1 Å². The number of benzene rings is 1. The van der Waals surface area contributed by atoms with Crippen molar-refractivity contribution in [3.63, 3.8) is 0 Å². The molecular formula is C10H11ClF3N3O5S3. The Morgan fingerprint density at radius 2 is 1.64 bits per heavy atom. The van der Waals surface area contributed by atoms with Crippen molar-refractivity contribution >= 4 is 55.0 Å². The summed E-state index contributed by atoms with van der Waals surface area (Å²) < 4.78 is 81.9. The monoisotopic (exact) mass is 441 g/mol. The second-order valence-electron chi connectivity index (χ2n) is 4.52. The molecule has 0 saturated heterocycles. The van der Waals surface area contributed by atoms with Gasteiger partial charge in [-0.3, -0.25) is 4.79 Å². The first-order valence-corrected chi connectivity index (χ1v) is 10.6. The molecule has 15 heteroatoms. The molecule has 1 aromatic carbocycles. The van der Waals surface area contributed by atoms with E-state index >= 15 is 0 Å². The summed E-state index contributed by atoms with van der Waals surface area (Å²) in [5.41, 5.74) is -0.488. The standard InChI is InChI=1S/C10H11ClF3N3O5S3/c11-5-1-6(17-9(18)3-23-4-10(12,13)14)8(25(16,21)22)2-7(5)24(15,19)20/h1-2H,3-4H2,(H,17,18)(H2,15,19,20)(H2,16,21,22). The fraction of sp³-hybridized carbons (Fsp3) is 0.300. The van der Waals surface area contributed by atoms with Gasteiger partial charge in [0.05, 0.1) is 22.2 Å². The summed E-state index contributed by atoms with van der Waals surface area (Å²) in [7, 11) is -8.89. The molecule has 0 aliphatic carbocycles. The quantitative estimate of drug-likeness (QED) is 0.596. The van der Waals surface area contributed by atoms with Crippen molar-refractivity contribution in [2.45, 2.75) is 16.0 Å². The van der Waals surface area contributed by atoms with Gasteiger partial charge in [-0.1, -0.05) is 11.6 Å². The molecule has 0 fully saturated rings. The van der Waals surface area contributed by atoms with Crippen LogP contribution in [0.15, 0.2) is 21.9 Å². The predicted molar refractivity (Wildman–Crippen MR) is 86.2 cm³/mol. The summed E-state index contributed by atoms with van der Waals surface area (Å²) >= 11 is 5.93. The third-order valence-corrected chi connectivity index (χ3v) is 5.74. The average Bonchev–Trinajstić information content (AvgIpc) is 2.33. The second kappa shape index (κ2) is 7.67. The fourth-order valence-corrected chi connectivity index (χ4v) is 4.00. The first-order valence-electron chi connectivity index (χ1n) is 5.95. The van der Waals surface area contributed by atoms with Crippen LogP contribution in [0.1, 0.15) is 0 Å². The maximum absolute atomic E-state index is 12.0. The van der Waals surface area contributed by atoms with E-state index in [1.54, 1.807) is 0 Å². The van der Waals surface area contributed by atoms with Crippen molar-refractivity contribution in [2.75, 3.05) is 16.8 Å². The highest BCUT2D eigenvalue weighted by atomic mass is 35.5. The van der Waals surface area contributed by atoms with E-state index in [2.05, 4.69) is 0 Å². The van der Waals surface area contributed by atoms with Crippen LogP contribution in [0.2, 0.25) is 5.02 Å².